The molecule has 0 aliphatic carbocycles. The fraction of sp³-hybridized carbons (Fsp3) is 0.333. The van der Waals surface area contributed by atoms with Crippen LogP contribution in [0.1, 0.15) is 32.8 Å². The van der Waals surface area contributed by atoms with Crippen LogP contribution in [-0.2, 0) is 26.2 Å². The monoisotopic (exact) mass is 653 g/mol. The summed E-state index contributed by atoms with van der Waals surface area (Å²) in [6.45, 7) is 5.46. The lowest BCUT2D eigenvalue weighted by Gasteiger charge is -2.33. The van der Waals surface area contributed by atoms with Gasteiger partial charge in [0, 0.05) is 23.1 Å². The molecule has 12 heteroatoms. The van der Waals surface area contributed by atoms with Crippen LogP contribution < -0.4 is 14.4 Å². The number of carbonyl (C=O) groups excluding carboxylic acids is 2. The lowest BCUT2D eigenvalue weighted by atomic mass is 10.1. The lowest BCUT2D eigenvalue weighted by Crippen LogP contribution is -2.52. The van der Waals surface area contributed by atoms with Gasteiger partial charge in [-0.2, -0.15) is 0 Å². The minimum atomic E-state index is -4.24. The number of benzene rings is 3. The third-order valence-electron chi connectivity index (χ3n) is 6.46. The summed E-state index contributed by atoms with van der Waals surface area (Å²) >= 11 is 18.9. The average molecular weight is 655 g/mol. The number of anilines is 1. The van der Waals surface area contributed by atoms with Crippen molar-refractivity contribution in [3.05, 3.63) is 87.4 Å². The Labute approximate surface area is 262 Å². The summed E-state index contributed by atoms with van der Waals surface area (Å²) in [7, 11) is -2.80. The van der Waals surface area contributed by atoms with Crippen LogP contribution in [0.2, 0.25) is 15.1 Å². The molecule has 3 aromatic rings. The van der Waals surface area contributed by atoms with Gasteiger partial charge in [0.25, 0.3) is 10.0 Å². The van der Waals surface area contributed by atoms with Crippen LogP contribution in [0.4, 0.5) is 5.69 Å². The summed E-state index contributed by atoms with van der Waals surface area (Å²) in [5.74, 6) is -0.433. The number of sulfonamides is 1. The quantitative estimate of drug-likeness (QED) is 0.229. The van der Waals surface area contributed by atoms with Crippen LogP contribution >= 0.6 is 34.8 Å². The third-order valence-corrected chi connectivity index (χ3v) is 9.13. The van der Waals surface area contributed by atoms with E-state index in [1.807, 2.05) is 13.8 Å². The average Bonchev–Trinajstić information content (AvgIpc) is 2.96. The zero-order chi connectivity index (χ0) is 31.0. The molecule has 0 aliphatic rings. The fourth-order valence-electron chi connectivity index (χ4n) is 4.23. The number of hydrogen-bond donors (Lipinski definition) is 1. The van der Waals surface area contributed by atoms with Crippen molar-refractivity contribution in [1.82, 2.24) is 10.2 Å². The van der Waals surface area contributed by atoms with Crippen molar-refractivity contribution < 1.29 is 22.7 Å². The molecule has 0 bridgehead atoms. The number of rotatable bonds is 13. The van der Waals surface area contributed by atoms with Gasteiger partial charge in [-0.1, -0.05) is 79.8 Å². The summed E-state index contributed by atoms with van der Waals surface area (Å²) < 4.78 is 34.0. The molecule has 2 amide bonds. The molecule has 226 valence electrons. The van der Waals surface area contributed by atoms with E-state index in [4.69, 9.17) is 39.5 Å². The smallest absolute Gasteiger partial charge is 0.264 e. The molecule has 0 fully saturated rings. The Kier molecular flexibility index (Phi) is 11.9. The predicted octanol–water partition coefficient (Wildman–Crippen LogP) is 6.43. The van der Waals surface area contributed by atoms with Crippen LogP contribution in [-0.4, -0.2) is 51.4 Å². The first-order valence-corrected chi connectivity index (χ1v) is 15.9. The molecule has 0 spiro atoms. The molecule has 3 rings (SSSR count). The highest BCUT2D eigenvalue weighted by Crippen LogP contribution is 2.32. The van der Waals surface area contributed by atoms with Gasteiger partial charge in [0.2, 0.25) is 11.8 Å². The molecule has 0 saturated heterocycles. The Bertz CT molecular complexity index is 1500. The maximum atomic E-state index is 14.2. The Morgan fingerprint density at radius 3 is 2.21 bits per heavy atom. The van der Waals surface area contributed by atoms with Crippen molar-refractivity contribution in [2.24, 2.45) is 5.92 Å². The van der Waals surface area contributed by atoms with Gasteiger partial charge >= 0.3 is 0 Å². The molecule has 0 unspecified atom stereocenters. The van der Waals surface area contributed by atoms with Crippen LogP contribution in [0.5, 0.6) is 5.75 Å². The molecule has 42 heavy (non-hydrogen) atoms. The topological polar surface area (TPSA) is 96.0 Å². The van der Waals surface area contributed by atoms with Gasteiger partial charge in [-0.25, -0.2) is 8.42 Å². The van der Waals surface area contributed by atoms with Crippen molar-refractivity contribution >= 4 is 62.3 Å². The molecule has 3 aromatic carbocycles. The van der Waals surface area contributed by atoms with Gasteiger partial charge in [-0.3, -0.25) is 13.9 Å². The number of halogens is 3. The van der Waals surface area contributed by atoms with E-state index in [1.165, 1.54) is 42.3 Å². The van der Waals surface area contributed by atoms with Crippen molar-refractivity contribution in [2.75, 3.05) is 24.5 Å². The number of methoxy groups -OCH3 is 1. The van der Waals surface area contributed by atoms with E-state index in [0.717, 1.165) is 4.31 Å². The Balaban J connectivity index is 2.09. The van der Waals surface area contributed by atoms with Gasteiger partial charge in [0.1, 0.15) is 18.3 Å². The van der Waals surface area contributed by atoms with E-state index in [9.17, 15) is 18.0 Å². The van der Waals surface area contributed by atoms with Gasteiger partial charge < -0.3 is 15.0 Å². The van der Waals surface area contributed by atoms with E-state index in [2.05, 4.69) is 5.32 Å². The summed E-state index contributed by atoms with van der Waals surface area (Å²) in [4.78, 5) is 28.8. The highest BCUT2D eigenvalue weighted by Gasteiger charge is 2.34. The second-order valence-electron chi connectivity index (χ2n) is 9.96. The van der Waals surface area contributed by atoms with Gasteiger partial charge in [0.15, 0.2) is 0 Å². The standard InChI is InChI=1S/C30H34Cl3N3O5S/c1-5-27(30(38)34-17-20(2)3)35(18-21-11-12-22(31)15-25(21)32)29(37)19-36(23-13-14-28(41-4)26(33)16-23)42(39,40)24-9-7-6-8-10-24/h6-16,20,27H,5,17-19H2,1-4H3,(H,34,38)/t27-/m1/s1. The first-order valence-electron chi connectivity index (χ1n) is 13.3. The number of hydrogen-bond acceptors (Lipinski definition) is 5. The SMILES string of the molecule is CC[C@H](C(=O)NCC(C)C)N(Cc1ccc(Cl)cc1Cl)C(=O)CN(c1ccc(OC)c(Cl)c1)S(=O)(=O)c1ccccc1. The maximum Gasteiger partial charge on any atom is 0.264 e. The first-order chi connectivity index (χ1) is 19.9. The second kappa shape index (κ2) is 15.0. The highest BCUT2D eigenvalue weighted by atomic mass is 35.5. The van der Waals surface area contributed by atoms with Gasteiger partial charge in [0.05, 0.1) is 22.7 Å². The number of nitrogens with one attached hydrogen (secondary N) is 1. The Hall–Kier alpha value is -2.98. The van der Waals surface area contributed by atoms with Crippen molar-refractivity contribution in [3.63, 3.8) is 0 Å². The number of carbonyl (C=O) groups is 2. The summed E-state index contributed by atoms with van der Waals surface area (Å²) in [5.41, 5.74) is 0.703. The second-order valence-corrected chi connectivity index (χ2v) is 13.1. The minimum Gasteiger partial charge on any atom is -0.495 e. The van der Waals surface area contributed by atoms with Gasteiger partial charge in [-0.05, 0) is 60.4 Å². The molecule has 1 N–H and O–H groups in total. The Morgan fingerprint density at radius 2 is 1.64 bits per heavy atom. The first kappa shape index (κ1) is 33.5. The zero-order valence-electron chi connectivity index (χ0n) is 23.8. The van der Waals surface area contributed by atoms with E-state index in [-0.39, 0.29) is 40.4 Å². The zero-order valence-corrected chi connectivity index (χ0v) is 26.9. The van der Waals surface area contributed by atoms with Crippen molar-refractivity contribution in [2.45, 2.75) is 44.7 Å². The van der Waals surface area contributed by atoms with E-state index in [1.54, 1.807) is 43.3 Å². The van der Waals surface area contributed by atoms with E-state index < -0.39 is 28.5 Å². The fourth-order valence-corrected chi connectivity index (χ4v) is 6.38. The van der Waals surface area contributed by atoms with E-state index >= 15 is 0 Å². The van der Waals surface area contributed by atoms with Crippen molar-refractivity contribution in [3.8, 4) is 5.75 Å². The Morgan fingerprint density at radius 1 is 0.952 bits per heavy atom. The largest absolute Gasteiger partial charge is 0.495 e. The van der Waals surface area contributed by atoms with Crippen molar-refractivity contribution in [1.29, 1.82) is 0 Å². The molecular formula is C30H34Cl3N3O5S. The summed E-state index contributed by atoms with van der Waals surface area (Å²) in [6, 6.07) is 16.2. The third kappa shape index (κ3) is 8.31. The molecule has 0 aromatic heterocycles. The number of nitrogens with zero attached hydrogens (tertiary/aromatic N) is 2. The molecule has 0 radical (unpaired) electrons. The summed E-state index contributed by atoms with van der Waals surface area (Å²) in [5, 5.41) is 3.79. The number of amides is 2. The van der Waals surface area contributed by atoms with E-state index in [0.29, 0.717) is 27.9 Å². The lowest BCUT2D eigenvalue weighted by molar-refractivity contribution is -0.140. The molecule has 0 saturated carbocycles. The normalized spacial score (nSPS) is 12.1. The summed E-state index contributed by atoms with van der Waals surface area (Å²) in [6.07, 6.45) is 0.278. The maximum absolute atomic E-state index is 14.2. The minimum absolute atomic E-state index is 0.0150. The van der Waals surface area contributed by atoms with Crippen LogP contribution in [0.15, 0.2) is 71.6 Å². The molecule has 0 heterocycles. The highest BCUT2D eigenvalue weighted by molar-refractivity contribution is 7.92. The molecular weight excluding hydrogens is 621 g/mol. The van der Waals surface area contributed by atoms with Gasteiger partial charge in [-0.15, -0.1) is 0 Å². The molecule has 0 aliphatic heterocycles. The number of ether oxygens (including phenoxy) is 1. The van der Waals surface area contributed by atoms with Crippen LogP contribution in [0.3, 0.4) is 0 Å². The molecule has 8 nitrogen and oxygen atoms in total. The van der Waals surface area contributed by atoms with Crippen LogP contribution in [0.25, 0.3) is 0 Å². The predicted molar refractivity (Wildman–Crippen MR) is 168 cm³/mol. The molecule has 1 atom stereocenters. The van der Waals surface area contributed by atoms with Crippen LogP contribution in [0, 0.1) is 5.92 Å².